The summed E-state index contributed by atoms with van der Waals surface area (Å²) in [4.78, 5) is 2.32. The van der Waals surface area contributed by atoms with Crippen molar-refractivity contribution in [1.82, 2.24) is 0 Å². The minimum Gasteiger partial charge on any atom is -0.386 e. The van der Waals surface area contributed by atoms with Gasteiger partial charge in [0.15, 0.2) is 0 Å². The molecule has 0 aliphatic heterocycles. The minimum absolute atomic E-state index is 0.0933. The predicted molar refractivity (Wildman–Crippen MR) is 177 cm³/mol. The van der Waals surface area contributed by atoms with E-state index < -0.39 is 5.60 Å². The molecule has 0 radical (unpaired) electrons. The van der Waals surface area contributed by atoms with Crippen LogP contribution >= 0.6 is 0 Å². The van der Waals surface area contributed by atoms with Gasteiger partial charge < -0.3 is 10.0 Å². The van der Waals surface area contributed by atoms with Gasteiger partial charge in [0.05, 0.1) is 5.60 Å². The molecule has 0 aliphatic carbocycles. The van der Waals surface area contributed by atoms with E-state index in [-0.39, 0.29) is 10.8 Å². The Labute approximate surface area is 246 Å². The summed E-state index contributed by atoms with van der Waals surface area (Å²) in [6, 6.07) is 39.2. The van der Waals surface area contributed by atoms with Gasteiger partial charge in [-0.2, -0.15) is 0 Å². The molecule has 0 amide bonds. The Kier molecular flexibility index (Phi) is 7.34. The van der Waals surface area contributed by atoms with E-state index in [0.717, 1.165) is 39.1 Å². The van der Waals surface area contributed by atoms with Gasteiger partial charge in [0.1, 0.15) is 0 Å². The van der Waals surface area contributed by atoms with Gasteiger partial charge in [0.2, 0.25) is 0 Å². The molecule has 5 aromatic carbocycles. The molecular formula is C39H43NO. The van der Waals surface area contributed by atoms with Crippen LogP contribution in [0.5, 0.6) is 0 Å². The van der Waals surface area contributed by atoms with Crippen LogP contribution in [0.4, 0.5) is 17.1 Å². The fourth-order valence-corrected chi connectivity index (χ4v) is 5.54. The van der Waals surface area contributed by atoms with E-state index in [9.17, 15) is 5.11 Å². The Bertz CT molecular complexity index is 1580. The lowest BCUT2D eigenvalue weighted by molar-refractivity contribution is 0.0793. The van der Waals surface area contributed by atoms with E-state index >= 15 is 0 Å². The lowest BCUT2D eigenvalue weighted by atomic mass is 9.86. The first-order chi connectivity index (χ1) is 19.2. The molecule has 0 spiro atoms. The number of hydrogen-bond donors (Lipinski definition) is 1. The summed E-state index contributed by atoms with van der Waals surface area (Å²) < 4.78 is 0. The Morgan fingerprint density at radius 3 is 1.37 bits per heavy atom. The Balaban J connectivity index is 1.63. The first-order valence-electron chi connectivity index (χ1n) is 14.6. The second kappa shape index (κ2) is 10.5. The summed E-state index contributed by atoms with van der Waals surface area (Å²) in [7, 11) is 0. The van der Waals surface area contributed by atoms with E-state index in [1.165, 1.54) is 16.5 Å². The van der Waals surface area contributed by atoms with Gasteiger partial charge in [0.25, 0.3) is 0 Å². The molecular weight excluding hydrogens is 498 g/mol. The quantitative estimate of drug-likeness (QED) is 0.239. The van der Waals surface area contributed by atoms with E-state index in [4.69, 9.17) is 0 Å². The highest BCUT2D eigenvalue weighted by Crippen LogP contribution is 2.41. The standard InChI is InChI=1S/C39H43NO/c1-37(2,3)29-16-22-32(23-17-29)40(33-24-18-30(19-25-33)38(4,5)6)31-20-13-28(14-21-31)36-34-12-10-9-11-27(34)15-26-35(36)39(7,8)41/h9-26,41H,1-8H3. The van der Waals surface area contributed by atoms with Crippen LogP contribution in [0.2, 0.25) is 0 Å². The van der Waals surface area contributed by atoms with Crippen LogP contribution in [0.25, 0.3) is 21.9 Å². The minimum atomic E-state index is -0.965. The Morgan fingerprint density at radius 1 is 0.488 bits per heavy atom. The highest BCUT2D eigenvalue weighted by atomic mass is 16.3. The van der Waals surface area contributed by atoms with Crippen molar-refractivity contribution in [2.45, 2.75) is 71.8 Å². The third kappa shape index (κ3) is 5.94. The number of hydrogen-bond acceptors (Lipinski definition) is 2. The molecule has 5 rings (SSSR count). The molecule has 0 saturated heterocycles. The van der Waals surface area contributed by atoms with Gasteiger partial charge in [-0.15, -0.1) is 0 Å². The van der Waals surface area contributed by atoms with Crippen LogP contribution in [-0.2, 0) is 16.4 Å². The molecule has 0 saturated carbocycles. The second-order valence-corrected chi connectivity index (χ2v) is 13.7. The molecule has 0 heterocycles. The number of aliphatic hydroxyl groups is 1. The zero-order valence-electron chi connectivity index (χ0n) is 25.8. The average Bonchev–Trinajstić information content (AvgIpc) is 2.92. The first kappa shape index (κ1) is 28.6. The largest absolute Gasteiger partial charge is 0.386 e. The molecule has 5 aromatic rings. The normalized spacial score (nSPS) is 12.5. The molecule has 1 N–H and O–H groups in total. The van der Waals surface area contributed by atoms with Crippen LogP contribution in [0.15, 0.2) is 109 Å². The van der Waals surface area contributed by atoms with E-state index in [1.54, 1.807) is 0 Å². The average molecular weight is 542 g/mol. The van der Waals surface area contributed by atoms with Crippen molar-refractivity contribution in [2.24, 2.45) is 0 Å². The number of anilines is 3. The van der Waals surface area contributed by atoms with Crippen molar-refractivity contribution < 1.29 is 5.11 Å². The zero-order valence-corrected chi connectivity index (χ0v) is 25.8. The monoisotopic (exact) mass is 541 g/mol. The number of rotatable bonds is 5. The number of benzene rings is 5. The summed E-state index contributed by atoms with van der Waals surface area (Å²) in [6.07, 6.45) is 0. The second-order valence-electron chi connectivity index (χ2n) is 13.7. The van der Waals surface area contributed by atoms with E-state index in [0.29, 0.717) is 0 Å². The third-order valence-electron chi connectivity index (χ3n) is 7.99. The maximum Gasteiger partial charge on any atom is 0.0846 e. The molecule has 0 atom stereocenters. The summed E-state index contributed by atoms with van der Waals surface area (Å²) >= 11 is 0. The SMILES string of the molecule is CC(C)(C)c1ccc(N(c2ccc(-c3c(C(C)(C)O)ccc4ccccc34)cc2)c2ccc(C(C)(C)C)cc2)cc1. The van der Waals surface area contributed by atoms with Crippen molar-refractivity contribution in [3.63, 3.8) is 0 Å². The molecule has 41 heavy (non-hydrogen) atoms. The highest BCUT2D eigenvalue weighted by molar-refractivity contribution is 5.99. The smallest absolute Gasteiger partial charge is 0.0846 e. The molecule has 0 unspecified atom stereocenters. The summed E-state index contributed by atoms with van der Waals surface area (Å²) in [6.45, 7) is 17.2. The fraction of sp³-hybridized carbons (Fsp3) is 0.282. The van der Waals surface area contributed by atoms with Crippen LogP contribution < -0.4 is 4.90 Å². The lowest BCUT2D eigenvalue weighted by Gasteiger charge is -2.28. The van der Waals surface area contributed by atoms with Crippen LogP contribution in [0.3, 0.4) is 0 Å². The molecule has 0 bridgehead atoms. The van der Waals surface area contributed by atoms with Crippen molar-refractivity contribution in [3.8, 4) is 11.1 Å². The van der Waals surface area contributed by atoms with Crippen molar-refractivity contribution >= 4 is 27.8 Å². The zero-order chi connectivity index (χ0) is 29.6. The number of nitrogens with zero attached hydrogens (tertiary/aromatic N) is 1. The van der Waals surface area contributed by atoms with Crippen molar-refractivity contribution in [1.29, 1.82) is 0 Å². The van der Waals surface area contributed by atoms with E-state index in [2.05, 4.69) is 156 Å². The van der Waals surface area contributed by atoms with E-state index in [1.807, 2.05) is 13.8 Å². The molecule has 210 valence electrons. The van der Waals surface area contributed by atoms with Crippen molar-refractivity contribution in [2.75, 3.05) is 4.90 Å². The Hall–Kier alpha value is -3.88. The maximum absolute atomic E-state index is 11.1. The van der Waals surface area contributed by atoms with Gasteiger partial charge in [-0.3, -0.25) is 0 Å². The van der Waals surface area contributed by atoms with Gasteiger partial charge in [-0.1, -0.05) is 114 Å². The highest BCUT2D eigenvalue weighted by Gasteiger charge is 2.23. The first-order valence-corrected chi connectivity index (χ1v) is 14.6. The molecule has 0 aromatic heterocycles. The van der Waals surface area contributed by atoms with Crippen LogP contribution in [-0.4, -0.2) is 5.11 Å². The topological polar surface area (TPSA) is 23.5 Å². The third-order valence-corrected chi connectivity index (χ3v) is 7.99. The van der Waals surface area contributed by atoms with Crippen LogP contribution in [0, 0.1) is 0 Å². The lowest BCUT2D eigenvalue weighted by Crippen LogP contribution is -2.17. The summed E-state index contributed by atoms with van der Waals surface area (Å²) in [5.41, 5.74) is 8.28. The summed E-state index contributed by atoms with van der Waals surface area (Å²) in [5.74, 6) is 0. The number of fused-ring (bicyclic) bond motifs is 1. The van der Waals surface area contributed by atoms with Crippen LogP contribution in [0.1, 0.15) is 72.1 Å². The molecule has 0 aliphatic rings. The fourth-order valence-electron chi connectivity index (χ4n) is 5.54. The van der Waals surface area contributed by atoms with Gasteiger partial charge in [0, 0.05) is 17.1 Å². The Morgan fingerprint density at radius 2 is 0.927 bits per heavy atom. The predicted octanol–water partition coefficient (Wildman–Crippen LogP) is 10.8. The molecule has 0 fully saturated rings. The molecule has 2 heteroatoms. The van der Waals surface area contributed by atoms with Gasteiger partial charge in [-0.25, -0.2) is 0 Å². The van der Waals surface area contributed by atoms with Crippen molar-refractivity contribution in [3.05, 3.63) is 126 Å². The maximum atomic E-state index is 11.1. The van der Waals surface area contributed by atoms with Gasteiger partial charge >= 0.3 is 0 Å². The van der Waals surface area contributed by atoms with Gasteiger partial charge in [-0.05, 0) is 99.7 Å². The molecule has 2 nitrogen and oxygen atoms in total. The summed E-state index contributed by atoms with van der Waals surface area (Å²) in [5, 5.41) is 13.4.